The third kappa shape index (κ3) is 9.38. The first-order valence-corrected chi connectivity index (χ1v) is 22.1. The van der Waals surface area contributed by atoms with Crippen LogP contribution in [0.5, 0.6) is 28.7 Å². The van der Waals surface area contributed by atoms with Gasteiger partial charge in [0.15, 0.2) is 11.5 Å². The highest BCUT2D eigenvalue weighted by Gasteiger charge is 2.65. The SMILES string of the molecule is C=CCO[C@@]12Oc3ccc(Oc4cccc(C=O)c4)cc3[C@H]3[C@H](CCCCO)[C@@H](CCCCO)C=C(C(=NOCc4ccccc4)C[C@@H]1N(Cc1ccc4c(c1)OCO4)C(=O)OC)[C@H]32. The largest absolute Gasteiger partial charge is 0.459 e. The van der Waals surface area contributed by atoms with E-state index in [2.05, 4.69) is 12.7 Å². The predicted octanol–water partition coefficient (Wildman–Crippen LogP) is 9.12. The fourth-order valence-electron chi connectivity index (χ4n) is 9.91. The lowest BCUT2D eigenvalue weighted by Crippen LogP contribution is -2.70. The summed E-state index contributed by atoms with van der Waals surface area (Å²) >= 11 is 0. The van der Waals surface area contributed by atoms with Crippen LogP contribution in [0, 0.1) is 17.8 Å². The van der Waals surface area contributed by atoms with Crippen molar-refractivity contribution in [3.8, 4) is 28.7 Å². The molecule has 336 valence electrons. The topological polar surface area (TPSA) is 155 Å². The first kappa shape index (κ1) is 44.5. The Morgan fingerprint density at radius 1 is 0.891 bits per heavy atom. The summed E-state index contributed by atoms with van der Waals surface area (Å²) in [5, 5.41) is 24.9. The number of carbonyl (C=O) groups excluding carboxylic acids is 2. The van der Waals surface area contributed by atoms with E-state index in [1.165, 1.54) is 7.11 Å². The van der Waals surface area contributed by atoms with Crippen LogP contribution in [0.15, 0.2) is 120 Å². The van der Waals surface area contributed by atoms with Crippen LogP contribution in [0.3, 0.4) is 0 Å². The lowest BCUT2D eigenvalue weighted by molar-refractivity contribution is -0.256. The number of hydrogen-bond donors (Lipinski definition) is 2. The van der Waals surface area contributed by atoms with Gasteiger partial charge in [0.2, 0.25) is 12.6 Å². The van der Waals surface area contributed by atoms with E-state index < -0.39 is 23.8 Å². The van der Waals surface area contributed by atoms with Crippen LogP contribution in [0.4, 0.5) is 4.79 Å². The van der Waals surface area contributed by atoms with Crippen LogP contribution in [0.2, 0.25) is 0 Å². The molecule has 2 heterocycles. The molecule has 0 saturated heterocycles. The van der Waals surface area contributed by atoms with Crippen molar-refractivity contribution in [2.45, 2.75) is 75.8 Å². The molecule has 2 aliphatic heterocycles. The molecule has 0 unspecified atom stereocenters. The predicted molar refractivity (Wildman–Crippen MR) is 239 cm³/mol. The van der Waals surface area contributed by atoms with Crippen molar-refractivity contribution in [1.82, 2.24) is 4.90 Å². The van der Waals surface area contributed by atoms with Gasteiger partial charge >= 0.3 is 6.09 Å². The average molecular weight is 873 g/mol. The molecule has 6 atom stereocenters. The minimum atomic E-state index is -1.51. The van der Waals surface area contributed by atoms with Gasteiger partial charge in [-0.2, -0.15) is 0 Å². The van der Waals surface area contributed by atoms with Crippen LogP contribution in [0.1, 0.15) is 77.9 Å². The van der Waals surface area contributed by atoms with E-state index in [0.29, 0.717) is 52.9 Å². The smallest absolute Gasteiger partial charge is 0.410 e. The van der Waals surface area contributed by atoms with Gasteiger partial charge < -0.3 is 43.5 Å². The van der Waals surface area contributed by atoms with Crippen molar-refractivity contribution in [1.29, 1.82) is 0 Å². The van der Waals surface area contributed by atoms with Gasteiger partial charge in [0.05, 0.1) is 25.3 Å². The second-order valence-electron chi connectivity index (χ2n) is 16.6. The van der Waals surface area contributed by atoms with Gasteiger partial charge in [-0.1, -0.05) is 78.7 Å². The Kier molecular flexibility index (Phi) is 14.3. The van der Waals surface area contributed by atoms with Crippen molar-refractivity contribution >= 4 is 18.1 Å². The summed E-state index contributed by atoms with van der Waals surface area (Å²) in [4.78, 5) is 33.9. The number of allylic oxidation sites excluding steroid dienone is 1. The minimum absolute atomic E-state index is 0.00679. The van der Waals surface area contributed by atoms with Crippen LogP contribution < -0.4 is 18.9 Å². The number of aldehydes is 1. The van der Waals surface area contributed by atoms with E-state index in [-0.39, 0.29) is 63.9 Å². The zero-order valence-corrected chi connectivity index (χ0v) is 36.1. The molecule has 4 aliphatic rings. The molecular formula is C51H56N2O11. The van der Waals surface area contributed by atoms with Crippen LogP contribution in [-0.2, 0) is 27.5 Å². The number of benzene rings is 4. The van der Waals surface area contributed by atoms with Gasteiger partial charge in [-0.05, 0) is 96.7 Å². The molecule has 0 bridgehead atoms. The van der Waals surface area contributed by atoms with Crippen molar-refractivity contribution in [3.63, 3.8) is 0 Å². The standard InChI is InChI=1S/C51H56N2O11/c1-3-24-61-51-47(53(50(57)58-2)30-35-18-20-45-46(26-35)60-33-59-45)29-43(52-62-32-34-12-5-4-6-13-34)41-27-37(15-7-9-22-54)40(17-8-10-23-55)48(49(41)51)42-28-39(19-21-44(42)64-51)63-38-16-11-14-36(25-38)31-56/h3-6,11-14,16,18-21,25-28,31,37,40,47-49,54-55H,1,7-10,15,17,22-24,29-30,32-33H2,2H3/t37-,40+,47-,48+,49+,51+/m0/s1. The summed E-state index contributed by atoms with van der Waals surface area (Å²) in [6, 6.07) is 27.3. The quantitative estimate of drug-likeness (QED) is 0.0378. The Balaban J connectivity index is 1.32. The molecule has 13 nitrogen and oxygen atoms in total. The molecule has 13 heteroatoms. The number of carbonyl (C=O) groups is 2. The maximum absolute atomic E-state index is 14.4. The Morgan fingerprint density at radius 2 is 1.67 bits per heavy atom. The van der Waals surface area contributed by atoms with E-state index in [0.717, 1.165) is 54.2 Å². The van der Waals surface area contributed by atoms with Crippen molar-refractivity contribution < 1.29 is 53.1 Å². The van der Waals surface area contributed by atoms with Crippen LogP contribution >= 0.6 is 0 Å². The number of aliphatic hydroxyl groups is 2. The van der Waals surface area contributed by atoms with Gasteiger partial charge in [0.1, 0.15) is 36.2 Å². The second kappa shape index (κ2) is 20.6. The Labute approximate surface area is 373 Å². The lowest BCUT2D eigenvalue weighted by atomic mass is 9.55. The highest BCUT2D eigenvalue weighted by Crippen LogP contribution is 2.62. The maximum atomic E-state index is 14.4. The Bertz CT molecular complexity index is 2330. The van der Waals surface area contributed by atoms with Gasteiger partial charge in [-0.3, -0.25) is 9.69 Å². The average Bonchev–Trinajstić information content (AvgIpc) is 3.80. The Hall–Kier alpha value is -6.15. The molecule has 1 saturated carbocycles. The molecule has 4 aromatic rings. The third-order valence-electron chi connectivity index (χ3n) is 12.7. The lowest BCUT2D eigenvalue weighted by Gasteiger charge is -2.59. The summed E-state index contributed by atoms with van der Waals surface area (Å²) in [5.74, 6) is 0.504. The van der Waals surface area contributed by atoms with E-state index >= 15 is 0 Å². The normalized spacial score (nSPS) is 23.2. The van der Waals surface area contributed by atoms with Gasteiger partial charge in [0, 0.05) is 43.2 Å². The second-order valence-corrected chi connectivity index (χ2v) is 16.6. The number of methoxy groups -OCH3 is 1. The number of rotatable bonds is 20. The zero-order valence-electron chi connectivity index (χ0n) is 36.1. The van der Waals surface area contributed by atoms with Gasteiger partial charge in [0.25, 0.3) is 0 Å². The molecule has 2 N–H and O–H groups in total. The number of ether oxygens (including phenoxy) is 6. The molecule has 8 rings (SSSR count). The third-order valence-corrected chi connectivity index (χ3v) is 12.7. The summed E-state index contributed by atoms with van der Waals surface area (Å²) < 4.78 is 37.8. The Morgan fingerprint density at radius 3 is 2.45 bits per heavy atom. The first-order chi connectivity index (χ1) is 31.4. The molecule has 4 aromatic carbocycles. The summed E-state index contributed by atoms with van der Waals surface area (Å²) in [5.41, 5.74) is 4.66. The first-order valence-electron chi connectivity index (χ1n) is 22.1. The van der Waals surface area contributed by atoms with E-state index in [9.17, 15) is 19.8 Å². The summed E-state index contributed by atoms with van der Waals surface area (Å²) in [6.45, 7) is 4.71. The number of unbranched alkanes of at least 4 members (excludes halogenated alkanes) is 2. The molecule has 64 heavy (non-hydrogen) atoms. The van der Waals surface area contributed by atoms with Crippen molar-refractivity contribution in [3.05, 3.63) is 138 Å². The van der Waals surface area contributed by atoms with Gasteiger partial charge in [-0.15, -0.1) is 6.58 Å². The zero-order chi connectivity index (χ0) is 44.5. The summed E-state index contributed by atoms with van der Waals surface area (Å²) in [7, 11) is 1.36. The number of hydrogen-bond acceptors (Lipinski definition) is 12. The maximum Gasteiger partial charge on any atom is 0.410 e. The number of fused-ring (bicyclic) bond motifs is 3. The molecule has 0 aromatic heterocycles. The van der Waals surface area contributed by atoms with Crippen molar-refractivity contribution in [2.24, 2.45) is 22.9 Å². The highest BCUT2D eigenvalue weighted by atomic mass is 16.7. The monoisotopic (exact) mass is 872 g/mol. The molecule has 0 radical (unpaired) electrons. The van der Waals surface area contributed by atoms with Crippen LogP contribution in [0.25, 0.3) is 0 Å². The minimum Gasteiger partial charge on any atom is -0.459 e. The van der Waals surface area contributed by atoms with E-state index in [1.807, 2.05) is 66.7 Å². The number of amides is 1. The van der Waals surface area contributed by atoms with Crippen LogP contribution in [-0.4, -0.2) is 78.8 Å². The molecular weight excluding hydrogens is 817 g/mol. The molecule has 2 aliphatic carbocycles. The fraction of sp³-hybridized carbons (Fsp3) is 0.392. The summed E-state index contributed by atoms with van der Waals surface area (Å²) in [6.07, 6.45) is 8.74. The van der Waals surface area contributed by atoms with E-state index in [1.54, 1.807) is 35.2 Å². The fourth-order valence-corrected chi connectivity index (χ4v) is 9.91. The van der Waals surface area contributed by atoms with Crippen molar-refractivity contribution in [2.75, 3.05) is 33.7 Å². The number of aliphatic hydroxyl groups excluding tert-OH is 2. The van der Waals surface area contributed by atoms with Gasteiger partial charge in [-0.25, -0.2) is 4.79 Å². The highest BCUT2D eigenvalue weighted by molar-refractivity contribution is 6.03. The van der Waals surface area contributed by atoms with E-state index in [4.69, 9.17) is 38.4 Å². The number of oxime groups is 1. The molecule has 0 spiro atoms. The molecule has 1 amide bonds. The molecule has 1 fully saturated rings. The number of nitrogens with zero attached hydrogens (tertiary/aromatic N) is 2.